The molecule has 0 aliphatic rings. The minimum atomic E-state index is -0.417. The predicted molar refractivity (Wildman–Crippen MR) is 88.4 cm³/mol. The Kier molecular flexibility index (Phi) is 5.32. The fraction of sp³-hybridized carbons (Fsp3) is 0.333. The molecule has 0 fully saturated rings. The summed E-state index contributed by atoms with van der Waals surface area (Å²) < 4.78 is 18.5. The molecule has 0 unspecified atom stereocenters. The minimum absolute atomic E-state index is 0.113. The lowest BCUT2D eigenvalue weighted by atomic mass is 10.1. The van der Waals surface area contributed by atoms with Crippen LogP contribution < -0.4 is 10.1 Å². The number of methoxy groups -OCH3 is 1. The second kappa shape index (κ2) is 7.22. The van der Waals surface area contributed by atoms with Crippen molar-refractivity contribution in [3.63, 3.8) is 0 Å². The van der Waals surface area contributed by atoms with Crippen LogP contribution in [0, 0.1) is 26.6 Å². The molecule has 0 bridgehead atoms. The Morgan fingerprint density at radius 2 is 2.00 bits per heavy atom. The summed E-state index contributed by atoms with van der Waals surface area (Å²) in [5, 5.41) is 2.89. The van der Waals surface area contributed by atoms with E-state index in [1.165, 1.54) is 13.2 Å². The van der Waals surface area contributed by atoms with Crippen LogP contribution >= 0.6 is 0 Å². The zero-order chi connectivity index (χ0) is 17.0. The number of nitrogens with zero attached hydrogens (tertiary/aromatic N) is 1. The van der Waals surface area contributed by atoms with Gasteiger partial charge in [-0.2, -0.15) is 0 Å². The van der Waals surface area contributed by atoms with Gasteiger partial charge in [-0.05, 0) is 56.5 Å². The van der Waals surface area contributed by atoms with Crippen LogP contribution in [0.2, 0.25) is 0 Å². The monoisotopic (exact) mass is 316 g/mol. The third-order valence-corrected chi connectivity index (χ3v) is 3.65. The quantitative estimate of drug-likeness (QED) is 0.914. The first-order valence-electron chi connectivity index (χ1n) is 7.48. The Hall–Kier alpha value is -2.43. The van der Waals surface area contributed by atoms with E-state index in [4.69, 9.17) is 4.74 Å². The Morgan fingerprint density at radius 1 is 1.26 bits per heavy atom. The van der Waals surface area contributed by atoms with Gasteiger partial charge in [0.05, 0.1) is 18.5 Å². The van der Waals surface area contributed by atoms with Crippen molar-refractivity contribution in [3.8, 4) is 5.75 Å². The second-order valence-corrected chi connectivity index (χ2v) is 5.56. The van der Waals surface area contributed by atoms with Crippen LogP contribution in [0.15, 0.2) is 24.3 Å². The first-order chi connectivity index (χ1) is 10.9. The predicted octanol–water partition coefficient (Wildman–Crippen LogP) is 3.73. The average Bonchev–Trinajstić information content (AvgIpc) is 2.49. The van der Waals surface area contributed by atoms with Gasteiger partial charge in [0.2, 0.25) is 5.91 Å². The zero-order valence-electron chi connectivity index (χ0n) is 13.9. The van der Waals surface area contributed by atoms with Crippen LogP contribution in [0.4, 0.5) is 10.1 Å². The number of aromatic nitrogens is 1. The van der Waals surface area contributed by atoms with E-state index in [1.807, 2.05) is 26.8 Å². The molecule has 1 heterocycles. The number of benzene rings is 1. The molecule has 5 heteroatoms. The van der Waals surface area contributed by atoms with E-state index >= 15 is 0 Å². The van der Waals surface area contributed by atoms with Crippen LogP contribution in [0.1, 0.15) is 28.9 Å². The molecule has 0 atom stereocenters. The number of nitrogens with one attached hydrogen (secondary N) is 1. The van der Waals surface area contributed by atoms with Gasteiger partial charge in [-0.25, -0.2) is 4.39 Å². The van der Waals surface area contributed by atoms with E-state index in [0.717, 1.165) is 28.2 Å². The SMILES string of the molecule is COc1ccc(CCC(=O)Nc2c(C)cc(C)nc2C)cc1F. The number of ether oxygens (including phenoxy) is 1. The number of carbonyl (C=O) groups is 1. The molecular formula is C18H21FN2O2. The van der Waals surface area contributed by atoms with E-state index in [0.29, 0.717) is 6.42 Å². The molecule has 1 amide bonds. The molecule has 0 aliphatic heterocycles. The van der Waals surface area contributed by atoms with E-state index < -0.39 is 5.82 Å². The summed E-state index contributed by atoms with van der Waals surface area (Å²) in [5.74, 6) is -0.326. The number of aryl methyl sites for hydroxylation is 4. The first-order valence-corrected chi connectivity index (χ1v) is 7.48. The van der Waals surface area contributed by atoms with Crippen molar-refractivity contribution in [2.75, 3.05) is 12.4 Å². The molecule has 122 valence electrons. The summed E-state index contributed by atoms with van der Waals surface area (Å²) in [6.07, 6.45) is 0.739. The summed E-state index contributed by atoms with van der Waals surface area (Å²) >= 11 is 0. The van der Waals surface area contributed by atoms with E-state index in [9.17, 15) is 9.18 Å². The maximum Gasteiger partial charge on any atom is 0.224 e. The second-order valence-electron chi connectivity index (χ2n) is 5.56. The number of pyridine rings is 1. The Morgan fingerprint density at radius 3 is 2.61 bits per heavy atom. The molecule has 23 heavy (non-hydrogen) atoms. The number of hydrogen-bond acceptors (Lipinski definition) is 3. The fourth-order valence-corrected chi connectivity index (χ4v) is 2.54. The summed E-state index contributed by atoms with van der Waals surface area (Å²) in [5.41, 5.74) is 4.22. The maximum absolute atomic E-state index is 13.6. The molecule has 0 aliphatic carbocycles. The van der Waals surface area contributed by atoms with Gasteiger partial charge >= 0.3 is 0 Å². The van der Waals surface area contributed by atoms with Crippen LogP contribution in [0.5, 0.6) is 5.75 Å². The van der Waals surface area contributed by atoms with Gasteiger partial charge in [0.15, 0.2) is 11.6 Å². The normalized spacial score (nSPS) is 10.5. The molecule has 0 saturated carbocycles. The van der Waals surface area contributed by atoms with Crippen molar-refractivity contribution < 1.29 is 13.9 Å². The van der Waals surface area contributed by atoms with Crippen LogP contribution in [-0.2, 0) is 11.2 Å². The number of carbonyl (C=O) groups excluding carboxylic acids is 1. The first kappa shape index (κ1) is 16.9. The lowest BCUT2D eigenvalue weighted by Crippen LogP contribution is -2.15. The van der Waals surface area contributed by atoms with Gasteiger partial charge in [-0.3, -0.25) is 9.78 Å². The Labute approximate surface area is 135 Å². The smallest absolute Gasteiger partial charge is 0.224 e. The molecule has 0 saturated heterocycles. The Balaban J connectivity index is 1.99. The number of hydrogen-bond donors (Lipinski definition) is 1. The molecule has 0 radical (unpaired) electrons. The lowest BCUT2D eigenvalue weighted by Gasteiger charge is -2.12. The van der Waals surface area contributed by atoms with Gasteiger partial charge in [0, 0.05) is 12.1 Å². The van der Waals surface area contributed by atoms with Crippen LogP contribution in [-0.4, -0.2) is 18.0 Å². The van der Waals surface area contributed by atoms with Crippen molar-refractivity contribution in [2.24, 2.45) is 0 Å². The molecule has 4 nitrogen and oxygen atoms in total. The standard InChI is InChI=1S/C18H21FN2O2/c1-11-9-12(2)20-13(3)18(11)21-17(22)8-6-14-5-7-16(23-4)15(19)10-14/h5,7,9-10H,6,8H2,1-4H3,(H,21,22). The number of anilines is 1. The lowest BCUT2D eigenvalue weighted by molar-refractivity contribution is -0.116. The van der Waals surface area contributed by atoms with E-state index in [1.54, 1.807) is 12.1 Å². The highest BCUT2D eigenvalue weighted by Crippen LogP contribution is 2.21. The van der Waals surface area contributed by atoms with Gasteiger partial charge < -0.3 is 10.1 Å². The molecule has 0 spiro atoms. The van der Waals surface area contributed by atoms with Crippen molar-refractivity contribution >= 4 is 11.6 Å². The highest BCUT2D eigenvalue weighted by Gasteiger charge is 2.10. The number of halogens is 1. The van der Waals surface area contributed by atoms with Crippen molar-refractivity contribution in [1.82, 2.24) is 4.98 Å². The maximum atomic E-state index is 13.6. The molecule has 1 aromatic carbocycles. The van der Waals surface area contributed by atoms with Gasteiger partial charge in [-0.15, -0.1) is 0 Å². The highest BCUT2D eigenvalue weighted by atomic mass is 19.1. The van der Waals surface area contributed by atoms with Crippen LogP contribution in [0.3, 0.4) is 0 Å². The Bertz CT molecular complexity index is 706. The molecule has 1 N–H and O–H groups in total. The average molecular weight is 316 g/mol. The van der Waals surface area contributed by atoms with Crippen molar-refractivity contribution in [1.29, 1.82) is 0 Å². The van der Waals surface area contributed by atoms with Crippen molar-refractivity contribution in [2.45, 2.75) is 33.6 Å². The molecule has 1 aromatic heterocycles. The third-order valence-electron chi connectivity index (χ3n) is 3.65. The molecular weight excluding hydrogens is 295 g/mol. The van der Waals surface area contributed by atoms with Gasteiger partial charge in [-0.1, -0.05) is 6.07 Å². The van der Waals surface area contributed by atoms with Crippen molar-refractivity contribution in [3.05, 3.63) is 52.6 Å². The number of rotatable bonds is 5. The van der Waals surface area contributed by atoms with Gasteiger partial charge in [0.1, 0.15) is 0 Å². The van der Waals surface area contributed by atoms with Crippen LogP contribution in [0.25, 0.3) is 0 Å². The number of amides is 1. The largest absolute Gasteiger partial charge is 0.494 e. The summed E-state index contributed by atoms with van der Waals surface area (Å²) in [6, 6.07) is 6.66. The summed E-state index contributed by atoms with van der Waals surface area (Å²) in [4.78, 5) is 16.5. The topological polar surface area (TPSA) is 51.2 Å². The fourth-order valence-electron chi connectivity index (χ4n) is 2.54. The highest BCUT2D eigenvalue weighted by molar-refractivity contribution is 5.92. The van der Waals surface area contributed by atoms with E-state index in [-0.39, 0.29) is 18.1 Å². The minimum Gasteiger partial charge on any atom is -0.494 e. The third kappa shape index (κ3) is 4.28. The van der Waals surface area contributed by atoms with Gasteiger partial charge in [0.25, 0.3) is 0 Å². The molecule has 2 rings (SSSR count). The van der Waals surface area contributed by atoms with E-state index in [2.05, 4.69) is 10.3 Å². The zero-order valence-corrected chi connectivity index (χ0v) is 13.9. The summed E-state index contributed by atoms with van der Waals surface area (Å²) in [7, 11) is 1.42. The summed E-state index contributed by atoms with van der Waals surface area (Å²) in [6.45, 7) is 5.73. The molecule has 2 aromatic rings.